The molecule has 4 heteroatoms. The summed E-state index contributed by atoms with van der Waals surface area (Å²) in [6.45, 7) is 1.74. The van der Waals surface area contributed by atoms with Crippen LogP contribution in [0.5, 0.6) is 0 Å². The van der Waals surface area contributed by atoms with Crippen LogP contribution in [-0.4, -0.2) is 35.2 Å². The van der Waals surface area contributed by atoms with Gasteiger partial charge in [-0.25, -0.2) is 0 Å². The predicted octanol–water partition coefficient (Wildman–Crippen LogP) is 1.95. The smallest absolute Gasteiger partial charge is 0.152 e. The second-order valence-corrected chi connectivity index (χ2v) is 5.23. The van der Waals surface area contributed by atoms with Crippen molar-refractivity contribution in [2.75, 3.05) is 18.0 Å². The van der Waals surface area contributed by atoms with E-state index in [-0.39, 0.29) is 6.10 Å². The molecule has 4 nitrogen and oxygen atoms in total. The minimum Gasteiger partial charge on any atom is -0.393 e. The quantitative estimate of drug-likeness (QED) is 0.837. The van der Waals surface area contributed by atoms with Gasteiger partial charge < -0.3 is 14.6 Å². The average molecular weight is 258 g/mol. The largest absolute Gasteiger partial charge is 0.393 e. The lowest BCUT2D eigenvalue weighted by atomic mass is 10.1. The van der Waals surface area contributed by atoms with Crippen LogP contribution in [0.3, 0.4) is 0 Å². The van der Waals surface area contributed by atoms with E-state index in [1.165, 1.54) is 0 Å². The fourth-order valence-corrected chi connectivity index (χ4v) is 2.83. The summed E-state index contributed by atoms with van der Waals surface area (Å²) in [7, 11) is 1.95. The molecule has 0 unspecified atom stereocenters. The molecule has 0 spiro atoms. The average Bonchev–Trinajstić information content (AvgIpc) is 2.76. The minimum absolute atomic E-state index is 0.165. The highest BCUT2D eigenvalue weighted by Crippen LogP contribution is 2.27. The van der Waals surface area contributed by atoms with Crippen LogP contribution in [0.15, 0.2) is 24.4 Å². The van der Waals surface area contributed by atoms with Gasteiger partial charge in [0.1, 0.15) is 0 Å². The molecule has 1 aromatic carbocycles. The van der Waals surface area contributed by atoms with Gasteiger partial charge in [-0.1, -0.05) is 0 Å². The third-order valence-corrected chi connectivity index (χ3v) is 3.96. The third-order valence-electron chi connectivity index (χ3n) is 3.96. The van der Waals surface area contributed by atoms with Crippen LogP contribution in [0.25, 0.3) is 10.9 Å². The van der Waals surface area contributed by atoms with Crippen LogP contribution in [0, 0.1) is 0 Å². The van der Waals surface area contributed by atoms with Gasteiger partial charge in [-0.15, -0.1) is 0 Å². The van der Waals surface area contributed by atoms with Crippen molar-refractivity contribution in [3.8, 4) is 0 Å². The molecule has 0 atom stereocenters. The van der Waals surface area contributed by atoms with E-state index >= 15 is 0 Å². The zero-order chi connectivity index (χ0) is 13.4. The van der Waals surface area contributed by atoms with Gasteiger partial charge in [0.25, 0.3) is 0 Å². The monoisotopic (exact) mass is 258 g/mol. The van der Waals surface area contributed by atoms with Gasteiger partial charge in [0, 0.05) is 48.5 Å². The van der Waals surface area contributed by atoms with Gasteiger partial charge in [-0.3, -0.25) is 4.79 Å². The Balaban J connectivity index is 1.99. The molecule has 19 heavy (non-hydrogen) atoms. The van der Waals surface area contributed by atoms with E-state index in [0.717, 1.165) is 54.4 Å². The van der Waals surface area contributed by atoms with E-state index in [2.05, 4.69) is 23.1 Å². The number of aldehydes is 1. The number of benzene rings is 1. The third kappa shape index (κ3) is 2.12. The first-order valence-electron chi connectivity index (χ1n) is 6.66. The fourth-order valence-electron chi connectivity index (χ4n) is 2.83. The first-order chi connectivity index (χ1) is 9.19. The van der Waals surface area contributed by atoms with Crippen molar-refractivity contribution < 1.29 is 9.90 Å². The zero-order valence-corrected chi connectivity index (χ0v) is 11.0. The number of aliphatic hydroxyl groups is 1. The Labute approximate surface area is 112 Å². The van der Waals surface area contributed by atoms with Crippen molar-refractivity contribution in [3.63, 3.8) is 0 Å². The Morgan fingerprint density at radius 3 is 2.74 bits per heavy atom. The minimum atomic E-state index is -0.165. The van der Waals surface area contributed by atoms with Crippen LogP contribution < -0.4 is 4.90 Å². The van der Waals surface area contributed by atoms with Crippen LogP contribution in [-0.2, 0) is 7.05 Å². The van der Waals surface area contributed by atoms with E-state index in [1.54, 1.807) is 0 Å². The molecule has 1 saturated heterocycles. The molecule has 100 valence electrons. The van der Waals surface area contributed by atoms with E-state index in [0.29, 0.717) is 0 Å². The highest BCUT2D eigenvalue weighted by Gasteiger charge is 2.18. The normalized spacial score (nSPS) is 17.1. The standard InChI is InChI=1S/C15H18N2O2/c1-16-9-11(10-18)14-8-12(2-3-15(14)16)17-6-4-13(19)5-7-17/h2-3,8-10,13,19H,4-7H2,1H3. The number of anilines is 1. The summed E-state index contributed by atoms with van der Waals surface area (Å²) in [4.78, 5) is 13.4. The fraction of sp³-hybridized carbons (Fsp3) is 0.400. The van der Waals surface area contributed by atoms with Gasteiger partial charge in [0.2, 0.25) is 0 Å². The molecule has 1 N–H and O–H groups in total. The van der Waals surface area contributed by atoms with Crippen molar-refractivity contribution in [2.45, 2.75) is 18.9 Å². The molecule has 3 rings (SSSR count). The Kier molecular flexibility index (Phi) is 3.03. The molecule has 1 aliphatic heterocycles. The van der Waals surface area contributed by atoms with Crippen molar-refractivity contribution in [2.24, 2.45) is 7.05 Å². The summed E-state index contributed by atoms with van der Waals surface area (Å²) in [5, 5.41) is 10.6. The lowest BCUT2D eigenvalue weighted by molar-refractivity contribution is 0.112. The van der Waals surface area contributed by atoms with Crippen LogP contribution in [0.4, 0.5) is 5.69 Å². The summed E-state index contributed by atoms with van der Waals surface area (Å²) in [6.07, 6.45) is 4.23. The Hall–Kier alpha value is -1.81. The van der Waals surface area contributed by atoms with Crippen molar-refractivity contribution in [1.82, 2.24) is 4.57 Å². The summed E-state index contributed by atoms with van der Waals surface area (Å²) in [5.74, 6) is 0. The number of piperidine rings is 1. The number of rotatable bonds is 2. The molecule has 0 saturated carbocycles. The number of carbonyl (C=O) groups is 1. The number of aryl methyl sites for hydroxylation is 1. The van der Waals surface area contributed by atoms with E-state index in [1.807, 2.05) is 17.8 Å². The molecule has 2 aromatic rings. The highest BCUT2D eigenvalue weighted by atomic mass is 16.3. The van der Waals surface area contributed by atoms with Crippen molar-refractivity contribution in [3.05, 3.63) is 30.0 Å². The van der Waals surface area contributed by atoms with Gasteiger partial charge in [-0.2, -0.15) is 0 Å². The van der Waals surface area contributed by atoms with Crippen LogP contribution in [0.1, 0.15) is 23.2 Å². The van der Waals surface area contributed by atoms with E-state index in [9.17, 15) is 9.90 Å². The number of hydrogen-bond donors (Lipinski definition) is 1. The van der Waals surface area contributed by atoms with E-state index in [4.69, 9.17) is 0 Å². The first kappa shape index (κ1) is 12.2. The van der Waals surface area contributed by atoms with E-state index < -0.39 is 0 Å². The number of carbonyl (C=O) groups excluding carboxylic acids is 1. The Bertz CT molecular complexity index is 610. The molecule has 0 amide bonds. The molecule has 1 aromatic heterocycles. The molecule has 1 fully saturated rings. The van der Waals surface area contributed by atoms with Crippen molar-refractivity contribution in [1.29, 1.82) is 0 Å². The number of aromatic nitrogens is 1. The lowest BCUT2D eigenvalue weighted by Crippen LogP contribution is -2.35. The topological polar surface area (TPSA) is 45.5 Å². The van der Waals surface area contributed by atoms with Gasteiger partial charge in [0.15, 0.2) is 6.29 Å². The number of nitrogens with zero attached hydrogens (tertiary/aromatic N) is 2. The molecule has 0 aliphatic carbocycles. The number of fused-ring (bicyclic) bond motifs is 1. The summed E-state index contributed by atoms with van der Waals surface area (Å²) in [6, 6.07) is 6.23. The summed E-state index contributed by atoms with van der Waals surface area (Å²) >= 11 is 0. The van der Waals surface area contributed by atoms with Crippen molar-refractivity contribution >= 4 is 22.9 Å². The number of hydrogen-bond acceptors (Lipinski definition) is 3. The number of aliphatic hydroxyl groups excluding tert-OH is 1. The molecule has 2 heterocycles. The predicted molar refractivity (Wildman–Crippen MR) is 75.8 cm³/mol. The maximum atomic E-state index is 11.1. The summed E-state index contributed by atoms with van der Waals surface area (Å²) in [5.41, 5.74) is 2.94. The first-order valence-corrected chi connectivity index (χ1v) is 6.66. The highest BCUT2D eigenvalue weighted by molar-refractivity contribution is 5.99. The second-order valence-electron chi connectivity index (χ2n) is 5.23. The molecule has 0 radical (unpaired) electrons. The summed E-state index contributed by atoms with van der Waals surface area (Å²) < 4.78 is 1.98. The Morgan fingerprint density at radius 2 is 2.05 bits per heavy atom. The van der Waals surface area contributed by atoms with Crippen LogP contribution in [0.2, 0.25) is 0 Å². The second kappa shape index (κ2) is 4.70. The van der Waals surface area contributed by atoms with Crippen LogP contribution >= 0.6 is 0 Å². The van der Waals surface area contributed by atoms with Gasteiger partial charge in [-0.05, 0) is 31.0 Å². The molecular formula is C15H18N2O2. The SMILES string of the molecule is Cn1cc(C=O)c2cc(N3CCC(O)CC3)ccc21. The Morgan fingerprint density at radius 1 is 1.32 bits per heavy atom. The van der Waals surface area contributed by atoms with Gasteiger partial charge in [0.05, 0.1) is 6.10 Å². The maximum absolute atomic E-state index is 11.1. The molecule has 1 aliphatic rings. The molecule has 0 bridgehead atoms. The lowest BCUT2D eigenvalue weighted by Gasteiger charge is -2.31. The molecular weight excluding hydrogens is 240 g/mol. The van der Waals surface area contributed by atoms with Gasteiger partial charge >= 0.3 is 0 Å². The maximum Gasteiger partial charge on any atom is 0.152 e. The zero-order valence-electron chi connectivity index (χ0n) is 11.0.